The van der Waals surface area contributed by atoms with Gasteiger partial charge in [0.25, 0.3) is 5.91 Å². The summed E-state index contributed by atoms with van der Waals surface area (Å²) in [4.78, 5) is 19.6. The van der Waals surface area contributed by atoms with Gasteiger partial charge in [0.1, 0.15) is 9.88 Å². The van der Waals surface area contributed by atoms with Gasteiger partial charge in [-0.15, -0.1) is 11.3 Å². The maximum absolute atomic E-state index is 12.6. The highest BCUT2D eigenvalue weighted by Gasteiger charge is 2.26. The fourth-order valence-corrected chi connectivity index (χ4v) is 3.77. The number of nitrogens with zero attached hydrogens (tertiary/aromatic N) is 2. The van der Waals surface area contributed by atoms with Crippen molar-refractivity contribution in [1.82, 2.24) is 9.88 Å². The fraction of sp³-hybridized carbons (Fsp3) is 0.412. The number of likely N-dealkylation sites (tertiary alicyclic amines) is 1. The quantitative estimate of drug-likeness (QED) is 0.869. The largest absolute Gasteiger partial charge is 0.378 e. The Morgan fingerprint density at radius 2 is 2.23 bits per heavy atom. The van der Waals surface area contributed by atoms with E-state index in [1.54, 1.807) is 13.3 Å². The molecule has 2 heterocycles. The number of benzene rings is 1. The number of hydrogen-bond acceptors (Lipinski definition) is 4. The van der Waals surface area contributed by atoms with E-state index in [0.717, 1.165) is 30.9 Å². The Morgan fingerprint density at radius 3 is 3.00 bits per heavy atom. The molecule has 0 radical (unpaired) electrons. The van der Waals surface area contributed by atoms with Gasteiger partial charge in [-0.2, -0.15) is 0 Å². The summed E-state index contributed by atoms with van der Waals surface area (Å²) < 4.78 is 5.06. The average Bonchev–Trinajstić information content (AvgIpc) is 3.04. The number of amides is 1. The molecular weight excluding hydrogens is 296 g/mol. The zero-order chi connectivity index (χ0) is 15.4. The molecule has 1 amide bonds. The Balaban J connectivity index is 1.69. The Labute approximate surface area is 134 Å². The number of ether oxygens (including phenoxy) is 1. The van der Waals surface area contributed by atoms with Gasteiger partial charge < -0.3 is 9.64 Å². The molecule has 0 bridgehead atoms. The minimum atomic E-state index is 0.0977. The number of carbonyl (C=O) groups excluding carboxylic acids is 1. The third kappa shape index (κ3) is 3.36. The van der Waals surface area contributed by atoms with Crippen LogP contribution in [0.5, 0.6) is 0 Å². The predicted molar refractivity (Wildman–Crippen MR) is 87.1 cm³/mol. The number of aromatic nitrogens is 1. The molecule has 5 heteroatoms. The lowest BCUT2D eigenvalue weighted by Gasteiger charge is -2.32. The first-order valence-corrected chi connectivity index (χ1v) is 8.37. The van der Waals surface area contributed by atoms with Crippen LogP contribution in [0.25, 0.3) is 0 Å². The Morgan fingerprint density at radius 1 is 1.41 bits per heavy atom. The van der Waals surface area contributed by atoms with Gasteiger partial charge in [-0.05, 0) is 18.4 Å². The van der Waals surface area contributed by atoms with E-state index in [-0.39, 0.29) is 5.91 Å². The summed E-state index contributed by atoms with van der Waals surface area (Å²) in [5.74, 6) is 0.533. The van der Waals surface area contributed by atoms with E-state index >= 15 is 0 Å². The number of methoxy groups -OCH3 is 1. The molecule has 1 saturated heterocycles. The fourth-order valence-electron chi connectivity index (χ4n) is 2.91. The van der Waals surface area contributed by atoms with Crippen LogP contribution in [0, 0.1) is 0 Å². The molecule has 116 valence electrons. The molecule has 1 aliphatic heterocycles. The lowest BCUT2D eigenvalue weighted by molar-refractivity contribution is 0.0712. The Kier molecular flexibility index (Phi) is 4.85. The molecule has 0 aliphatic carbocycles. The normalized spacial score (nSPS) is 18.4. The molecule has 4 nitrogen and oxygen atoms in total. The topological polar surface area (TPSA) is 42.4 Å². The van der Waals surface area contributed by atoms with E-state index in [1.165, 1.54) is 16.9 Å². The highest BCUT2D eigenvalue weighted by atomic mass is 32.1. The van der Waals surface area contributed by atoms with Crippen LogP contribution >= 0.6 is 11.3 Å². The van der Waals surface area contributed by atoms with Gasteiger partial charge in [0.05, 0.1) is 12.8 Å². The molecule has 0 saturated carbocycles. The first-order valence-electron chi connectivity index (χ1n) is 7.56. The minimum Gasteiger partial charge on any atom is -0.378 e. The van der Waals surface area contributed by atoms with Crippen molar-refractivity contribution in [2.75, 3.05) is 20.2 Å². The van der Waals surface area contributed by atoms with Gasteiger partial charge >= 0.3 is 0 Å². The molecule has 22 heavy (non-hydrogen) atoms. The molecule has 0 spiro atoms. The van der Waals surface area contributed by atoms with Crippen LogP contribution in [0.3, 0.4) is 0 Å². The molecule has 3 rings (SSSR count). The summed E-state index contributed by atoms with van der Waals surface area (Å²) in [5, 5.41) is 0.850. The van der Waals surface area contributed by atoms with Crippen LogP contribution in [0.2, 0.25) is 0 Å². The van der Waals surface area contributed by atoms with E-state index in [1.807, 2.05) is 11.0 Å². The van der Waals surface area contributed by atoms with E-state index < -0.39 is 0 Å². The summed E-state index contributed by atoms with van der Waals surface area (Å²) in [6.07, 6.45) is 3.87. The molecule has 1 fully saturated rings. The van der Waals surface area contributed by atoms with Gasteiger partial charge in [0, 0.05) is 26.1 Å². The number of piperidine rings is 1. The minimum absolute atomic E-state index is 0.0977. The van der Waals surface area contributed by atoms with Gasteiger partial charge in [-0.1, -0.05) is 30.3 Å². The van der Waals surface area contributed by atoms with Gasteiger partial charge in [-0.25, -0.2) is 4.98 Å². The molecule has 1 aliphatic rings. The summed E-state index contributed by atoms with van der Waals surface area (Å²) in [6.45, 7) is 2.09. The average molecular weight is 316 g/mol. The van der Waals surface area contributed by atoms with Crippen molar-refractivity contribution in [3.05, 3.63) is 52.0 Å². The smallest absolute Gasteiger partial charge is 0.265 e. The molecule has 1 unspecified atom stereocenters. The monoisotopic (exact) mass is 316 g/mol. The second-order valence-electron chi connectivity index (χ2n) is 5.55. The molecule has 0 N–H and O–H groups in total. The maximum atomic E-state index is 12.6. The van der Waals surface area contributed by atoms with Crippen LogP contribution < -0.4 is 0 Å². The zero-order valence-corrected chi connectivity index (χ0v) is 13.5. The Hall–Kier alpha value is -1.72. The number of hydrogen-bond donors (Lipinski definition) is 0. The van der Waals surface area contributed by atoms with Crippen molar-refractivity contribution >= 4 is 17.2 Å². The van der Waals surface area contributed by atoms with Gasteiger partial charge in [0.15, 0.2) is 0 Å². The summed E-state index contributed by atoms with van der Waals surface area (Å²) in [5.41, 5.74) is 1.32. The predicted octanol–water partition coefficient (Wildman–Crippen LogP) is 3.31. The second kappa shape index (κ2) is 7.03. The SMILES string of the molecule is COCc1ncc(C(=O)N2CCCC(c3ccccc3)C2)s1. The van der Waals surface area contributed by atoms with Crippen molar-refractivity contribution in [2.45, 2.75) is 25.4 Å². The van der Waals surface area contributed by atoms with Crippen molar-refractivity contribution in [3.63, 3.8) is 0 Å². The third-order valence-corrected chi connectivity index (χ3v) is 4.97. The lowest BCUT2D eigenvalue weighted by atomic mass is 9.90. The first kappa shape index (κ1) is 15.2. The summed E-state index contributed by atoms with van der Waals surface area (Å²) >= 11 is 1.43. The van der Waals surface area contributed by atoms with Gasteiger partial charge in [0.2, 0.25) is 0 Å². The number of thiazole rings is 1. The van der Waals surface area contributed by atoms with Gasteiger partial charge in [-0.3, -0.25) is 4.79 Å². The van der Waals surface area contributed by atoms with Crippen LogP contribution in [0.1, 0.15) is 39.0 Å². The number of carbonyl (C=O) groups is 1. The maximum Gasteiger partial charge on any atom is 0.265 e. The zero-order valence-electron chi connectivity index (χ0n) is 12.7. The molecule has 2 aromatic rings. The number of rotatable bonds is 4. The van der Waals surface area contributed by atoms with Crippen molar-refractivity contribution in [2.24, 2.45) is 0 Å². The van der Waals surface area contributed by atoms with E-state index in [4.69, 9.17) is 4.74 Å². The molecule has 1 atom stereocenters. The highest BCUT2D eigenvalue weighted by molar-refractivity contribution is 7.13. The van der Waals surface area contributed by atoms with E-state index in [9.17, 15) is 4.79 Å². The molecule has 1 aromatic carbocycles. The Bertz CT molecular complexity index is 627. The molecular formula is C17H20N2O2S. The summed E-state index contributed by atoms with van der Waals surface area (Å²) in [7, 11) is 1.64. The highest BCUT2D eigenvalue weighted by Crippen LogP contribution is 2.28. The van der Waals surface area contributed by atoms with Crippen molar-refractivity contribution in [3.8, 4) is 0 Å². The standard InChI is InChI=1S/C17H20N2O2S/c1-21-12-16-18-10-15(22-16)17(20)19-9-5-8-14(11-19)13-6-3-2-4-7-13/h2-4,6-7,10,14H,5,8-9,11-12H2,1H3. The van der Waals surface area contributed by atoms with Crippen LogP contribution in [0.4, 0.5) is 0 Å². The van der Waals surface area contributed by atoms with Crippen LogP contribution in [0.15, 0.2) is 36.5 Å². The van der Waals surface area contributed by atoms with Crippen molar-refractivity contribution < 1.29 is 9.53 Å². The third-order valence-electron chi connectivity index (χ3n) is 4.01. The van der Waals surface area contributed by atoms with Crippen molar-refractivity contribution in [1.29, 1.82) is 0 Å². The van der Waals surface area contributed by atoms with E-state index in [2.05, 4.69) is 29.2 Å². The first-order chi connectivity index (χ1) is 10.8. The second-order valence-corrected chi connectivity index (χ2v) is 6.67. The molecule has 1 aromatic heterocycles. The van der Waals surface area contributed by atoms with Crippen LogP contribution in [-0.4, -0.2) is 36.0 Å². The lowest BCUT2D eigenvalue weighted by Crippen LogP contribution is -2.38. The summed E-state index contributed by atoms with van der Waals surface area (Å²) in [6, 6.07) is 10.5. The van der Waals surface area contributed by atoms with Crippen LogP contribution in [-0.2, 0) is 11.3 Å². The van der Waals surface area contributed by atoms with E-state index in [0.29, 0.717) is 17.4 Å².